The van der Waals surface area contributed by atoms with Gasteiger partial charge in [-0.25, -0.2) is 4.39 Å². The van der Waals surface area contributed by atoms with Gasteiger partial charge in [-0.05, 0) is 47.1 Å². The van der Waals surface area contributed by atoms with E-state index in [1.165, 1.54) is 6.07 Å². The summed E-state index contributed by atoms with van der Waals surface area (Å²) in [6.07, 6.45) is 1.10. The van der Waals surface area contributed by atoms with Crippen LogP contribution in [0, 0.1) is 5.82 Å². The van der Waals surface area contributed by atoms with Gasteiger partial charge in [-0.15, -0.1) is 0 Å². The number of benzene rings is 1. The summed E-state index contributed by atoms with van der Waals surface area (Å²) in [6, 6.07) is 4.84. The van der Waals surface area contributed by atoms with Crippen molar-refractivity contribution in [2.45, 2.75) is 6.42 Å². The van der Waals surface area contributed by atoms with Crippen molar-refractivity contribution in [1.29, 1.82) is 0 Å². The molecule has 2 rings (SSSR count). The van der Waals surface area contributed by atoms with Crippen molar-refractivity contribution in [3.63, 3.8) is 0 Å². The highest BCUT2D eigenvalue weighted by Crippen LogP contribution is 2.27. The van der Waals surface area contributed by atoms with Gasteiger partial charge in [0.05, 0.1) is 5.69 Å². The van der Waals surface area contributed by atoms with E-state index in [1.54, 1.807) is 12.1 Å². The van der Waals surface area contributed by atoms with Crippen molar-refractivity contribution in [2.75, 3.05) is 31.1 Å². The summed E-state index contributed by atoms with van der Waals surface area (Å²) in [5.41, 5.74) is 0.957. The van der Waals surface area contributed by atoms with E-state index in [9.17, 15) is 4.39 Å². The number of nitrogens with one attached hydrogen (secondary N) is 1. The average molecular weight is 273 g/mol. The molecule has 4 heteroatoms. The molecular formula is C11H14BrFN2. The highest BCUT2D eigenvalue weighted by atomic mass is 79.9. The number of halogens is 2. The first-order valence-electron chi connectivity index (χ1n) is 5.18. The van der Waals surface area contributed by atoms with Crippen LogP contribution in [0.5, 0.6) is 0 Å². The zero-order chi connectivity index (χ0) is 10.7. The lowest BCUT2D eigenvalue weighted by molar-refractivity contribution is 0.626. The van der Waals surface area contributed by atoms with Gasteiger partial charge >= 0.3 is 0 Å². The summed E-state index contributed by atoms with van der Waals surface area (Å²) in [5, 5.41) is 3.33. The van der Waals surface area contributed by atoms with E-state index in [-0.39, 0.29) is 5.82 Å². The van der Waals surface area contributed by atoms with E-state index < -0.39 is 0 Å². The smallest absolute Gasteiger partial charge is 0.125 e. The van der Waals surface area contributed by atoms with Crippen LogP contribution < -0.4 is 10.2 Å². The second kappa shape index (κ2) is 4.94. The predicted octanol–water partition coefficient (Wildman–Crippen LogP) is 2.39. The van der Waals surface area contributed by atoms with Crippen LogP contribution in [0.2, 0.25) is 0 Å². The Hall–Kier alpha value is -0.610. The second-order valence-corrected chi connectivity index (χ2v) is 4.54. The van der Waals surface area contributed by atoms with Crippen molar-refractivity contribution in [2.24, 2.45) is 0 Å². The molecule has 1 aliphatic rings. The first-order valence-corrected chi connectivity index (χ1v) is 5.97. The van der Waals surface area contributed by atoms with Gasteiger partial charge in [0, 0.05) is 24.1 Å². The molecule has 1 saturated heterocycles. The Morgan fingerprint density at radius 2 is 2.13 bits per heavy atom. The van der Waals surface area contributed by atoms with Gasteiger partial charge in [0.25, 0.3) is 0 Å². The van der Waals surface area contributed by atoms with Gasteiger partial charge < -0.3 is 10.2 Å². The van der Waals surface area contributed by atoms with E-state index in [2.05, 4.69) is 26.1 Å². The Morgan fingerprint density at radius 3 is 3.00 bits per heavy atom. The molecule has 0 saturated carbocycles. The fourth-order valence-electron chi connectivity index (χ4n) is 1.81. The van der Waals surface area contributed by atoms with E-state index >= 15 is 0 Å². The maximum absolute atomic E-state index is 13.1. The molecule has 15 heavy (non-hydrogen) atoms. The molecule has 1 heterocycles. The highest BCUT2D eigenvalue weighted by molar-refractivity contribution is 9.10. The Morgan fingerprint density at radius 1 is 1.27 bits per heavy atom. The van der Waals surface area contributed by atoms with Gasteiger partial charge in [-0.1, -0.05) is 0 Å². The van der Waals surface area contributed by atoms with E-state index in [4.69, 9.17) is 0 Å². The van der Waals surface area contributed by atoms with Crippen LogP contribution in [-0.2, 0) is 0 Å². The second-order valence-electron chi connectivity index (χ2n) is 3.69. The third kappa shape index (κ3) is 2.69. The van der Waals surface area contributed by atoms with Crippen molar-refractivity contribution in [3.8, 4) is 0 Å². The molecule has 82 valence electrons. The molecule has 0 spiro atoms. The molecule has 0 bridgehead atoms. The lowest BCUT2D eigenvalue weighted by Gasteiger charge is -2.23. The third-order valence-corrected chi connectivity index (χ3v) is 3.26. The van der Waals surface area contributed by atoms with E-state index in [0.717, 1.165) is 42.8 Å². The molecule has 0 radical (unpaired) electrons. The average Bonchev–Trinajstić information content (AvgIpc) is 2.50. The van der Waals surface area contributed by atoms with Crippen LogP contribution in [0.3, 0.4) is 0 Å². The monoisotopic (exact) mass is 272 g/mol. The number of hydrogen-bond donors (Lipinski definition) is 1. The zero-order valence-corrected chi connectivity index (χ0v) is 10.1. The normalized spacial score (nSPS) is 17.6. The first-order chi connectivity index (χ1) is 7.27. The molecule has 1 aliphatic heterocycles. The lowest BCUT2D eigenvalue weighted by atomic mass is 10.2. The molecule has 1 aromatic rings. The Bertz CT molecular complexity index is 335. The fourth-order valence-corrected chi connectivity index (χ4v) is 2.31. The Balaban J connectivity index is 2.22. The standard InChI is InChI=1S/C11H14BrFN2/c12-10-3-2-9(13)8-11(10)15-6-1-4-14-5-7-15/h2-3,8,14H,1,4-7H2. The molecule has 1 N–H and O–H groups in total. The summed E-state index contributed by atoms with van der Waals surface area (Å²) in [7, 11) is 0. The molecule has 0 aromatic heterocycles. The van der Waals surface area contributed by atoms with Crippen molar-refractivity contribution < 1.29 is 4.39 Å². The maximum atomic E-state index is 13.1. The quantitative estimate of drug-likeness (QED) is 0.845. The fraction of sp³-hybridized carbons (Fsp3) is 0.455. The SMILES string of the molecule is Fc1ccc(Br)c(N2CCCNCC2)c1. The van der Waals surface area contributed by atoms with Gasteiger partial charge in [0.15, 0.2) is 0 Å². The van der Waals surface area contributed by atoms with E-state index in [0.29, 0.717) is 0 Å². The molecule has 1 fully saturated rings. The van der Waals surface area contributed by atoms with Crippen LogP contribution in [-0.4, -0.2) is 26.2 Å². The molecule has 0 atom stereocenters. The summed E-state index contributed by atoms with van der Waals surface area (Å²) in [4.78, 5) is 2.22. The molecule has 0 aliphatic carbocycles. The molecule has 0 unspecified atom stereocenters. The topological polar surface area (TPSA) is 15.3 Å². The van der Waals surface area contributed by atoms with Gasteiger partial charge in [-0.3, -0.25) is 0 Å². The molecule has 2 nitrogen and oxygen atoms in total. The van der Waals surface area contributed by atoms with Gasteiger partial charge in [-0.2, -0.15) is 0 Å². The minimum absolute atomic E-state index is 0.176. The first kappa shape index (κ1) is 10.9. The van der Waals surface area contributed by atoms with Gasteiger partial charge in [0.1, 0.15) is 5.82 Å². The molecular weight excluding hydrogens is 259 g/mol. The minimum Gasteiger partial charge on any atom is -0.369 e. The highest BCUT2D eigenvalue weighted by Gasteiger charge is 2.12. The Kier molecular flexibility index (Phi) is 3.59. The third-order valence-electron chi connectivity index (χ3n) is 2.59. The zero-order valence-electron chi connectivity index (χ0n) is 8.47. The number of anilines is 1. The van der Waals surface area contributed by atoms with Crippen molar-refractivity contribution >= 4 is 21.6 Å². The number of nitrogens with zero attached hydrogens (tertiary/aromatic N) is 1. The maximum Gasteiger partial charge on any atom is 0.125 e. The minimum atomic E-state index is -0.176. The number of rotatable bonds is 1. The van der Waals surface area contributed by atoms with Gasteiger partial charge in [0.2, 0.25) is 0 Å². The lowest BCUT2D eigenvalue weighted by Crippen LogP contribution is -2.28. The Labute approximate surface area is 97.6 Å². The van der Waals surface area contributed by atoms with Crippen LogP contribution in [0.15, 0.2) is 22.7 Å². The van der Waals surface area contributed by atoms with Crippen LogP contribution in [0.1, 0.15) is 6.42 Å². The number of hydrogen-bond acceptors (Lipinski definition) is 2. The summed E-state index contributed by atoms with van der Waals surface area (Å²) in [6.45, 7) is 3.92. The predicted molar refractivity (Wildman–Crippen MR) is 63.8 cm³/mol. The molecule has 1 aromatic carbocycles. The van der Waals surface area contributed by atoms with Crippen LogP contribution in [0.25, 0.3) is 0 Å². The van der Waals surface area contributed by atoms with Crippen molar-refractivity contribution in [3.05, 3.63) is 28.5 Å². The van der Waals surface area contributed by atoms with Crippen molar-refractivity contribution in [1.82, 2.24) is 5.32 Å². The summed E-state index contributed by atoms with van der Waals surface area (Å²) < 4.78 is 14.1. The largest absolute Gasteiger partial charge is 0.369 e. The van der Waals surface area contributed by atoms with Crippen LogP contribution in [0.4, 0.5) is 10.1 Å². The summed E-state index contributed by atoms with van der Waals surface area (Å²) in [5.74, 6) is -0.176. The summed E-state index contributed by atoms with van der Waals surface area (Å²) >= 11 is 3.46. The van der Waals surface area contributed by atoms with Crippen LogP contribution >= 0.6 is 15.9 Å². The molecule has 0 amide bonds. The van der Waals surface area contributed by atoms with E-state index in [1.807, 2.05) is 0 Å².